The number of ether oxygens (including phenoxy) is 1. The van der Waals surface area contributed by atoms with Gasteiger partial charge in [-0.05, 0) is 42.7 Å². The molecule has 1 aromatic carbocycles. The van der Waals surface area contributed by atoms with Gasteiger partial charge in [0.1, 0.15) is 11.4 Å². The van der Waals surface area contributed by atoms with Gasteiger partial charge in [0.15, 0.2) is 0 Å². The zero-order valence-corrected chi connectivity index (χ0v) is 15.1. The third-order valence-electron chi connectivity index (χ3n) is 4.36. The van der Waals surface area contributed by atoms with Crippen LogP contribution in [0.3, 0.4) is 0 Å². The van der Waals surface area contributed by atoms with Crippen LogP contribution in [-0.4, -0.2) is 41.3 Å². The second-order valence-corrected chi connectivity index (χ2v) is 6.33. The number of pyridine rings is 1. The van der Waals surface area contributed by atoms with E-state index in [4.69, 9.17) is 0 Å². The number of carbonyl (C=O) groups is 3. The third kappa shape index (κ3) is 4.69. The molecule has 7 heteroatoms. The van der Waals surface area contributed by atoms with E-state index in [2.05, 4.69) is 15.0 Å². The summed E-state index contributed by atoms with van der Waals surface area (Å²) in [7, 11) is 1.26. The summed E-state index contributed by atoms with van der Waals surface area (Å²) >= 11 is 0. The minimum atomic E-state index is -0.599. The van der Waals surface area contributed by atoms with Crippen molar-refractivity contribution in [2.75, 3.05) is 19.0 Å². The summed E-state index contributed by atoms with van der Waals surface area (Å²) in [4.78, 5) is 41.8. The first kappa shape index (κ1) is 18.6. The van der Waals surface area contributed by atoms with Crippen molar-refractivity contribution in [3.63, 3.8) is 0 Å². The van der Waals surface area contributed by atoms with Gasteiger partial charge in [-0.3, -0.25) is 9.59 Å². The Bertz CT molecular complexity index is 866. The highest BCUT2D eigenvalue weighted by Crippen LogP contribution is 2.17. The van der Waals surface area contributed by atoms with Crippen molar-refractivity contribution in [2.24, 2.45) is 0 Å². The van der Waals surface area contributed by atoms with Gasteiger partial charge in [0.25, 0.3) is 5.91 Å². The molecule has 0 unspecified atom stereocenters. The van der Waals surface area contributed by atoms with Gasteiger partial charge in [-0.2, -0.15) is 0 Å². The smallest absolute Gasteiger partial charge is 0.356 e. The molecule has 0 atom stereocenters. The normalized spacial score (nSPS) is 14.0. The van der Waals surface area contributed by atoms with Crippen LogP contribution < -0.4 is 5.32 Å². The fraction of sp³-hybridized carbons (Fsp3) is 0.300. The molecule has 2 amide bonds. The van der Waals surface area contributed by atoms with E-state index in [1.807, 2.05) is 23.1 Å². The molecule has 2 heterocycles. The molecule has 1 fully saturated rings. The first-order valence-corrected chi connectivity index (χ1v) is 8.80. The van der Waals surface area contributed by atoms with E-state index in [1.165, 1.54) is 19.2 Å². The molecular weight excluding hydrogens is 346 g/mol. The highest BCUT2D eigenvalue weighted by molar-refractivity contribution is 6.03. The number of hydrogen-bond acceptors (Lipinski definition) is 5. The van der Waals surface area contributed by atoms with E-state index in [1.54, 1.807) is 12.1 Å². The van der Waals surface area contributed by atoms with Crippen LogP contribution in [-0.2, 0) is 16.1 Å². The Kier molecular flexibility index (Phi) is 5.80. The maximum absolute atomic E-state index is 12.4. The Balaban J connectivity index is 1.69. The summed E-state index contributed by atoms with van der Waals surface area (Å²) in [5.41, 5.74) is 1.74. The minimum absolute atomic E-state index is 0.0718. The number of hydrogen-bond donors (Lipinski definition) is 1. The van der Waals surface area contributed by atoms with Crippen molar-refractivity contribution in [3.05, 3.63) is 59.4 Å². The van der Waals surface area contributed by atoms with Gasteiger partial charge in [0, 0.05) is 25.2 Å². The summed E-state index contributed by atoms with van der Waals surface area (Å²) in [6, 6.07) is 11.9. The fourth-order valence-electron chi connectivity index (χ4n) is 2.97. The molecule has 0 radical (unpaired) electrons. The number of nitrogens with zero attached hydrogens (tertiary/aromatic N) is 2. The lowest BCUT2D eigenvalue weighted by atomic mass is 10.1. The van der Waals surface area contributed by atoms with E-state index < -0.39 is 11.9 Å². The van der Waals surface area contributed by atoms with Crippen LogP contribution in [0.15, 0.2) is 42.5 Å². The SMILES string of the molecule is COC(=O)c1cccc(C(=O)Nc2cccc(CN3CCCCC3=O)c2)n1. The molecule has 0 bridgehead atoms. The van der Waals surface area contributed by atoms with Crippen LogP contribution in [0.2, 0.25) is 0 Å². The average Bonchev–Trinajstić information content (AvgIpc) is 2.69. The van der Waals surface area contributed by atoms with Crippen LogP contribution in [0.4, 0.5) is 5.69 Å². The number of amides is 2. The molecule has 1 aliphatic heterocycles. The molecule has 0 aliphatic carbocycles. The van der Waals surface area contributed by atoms with Gasteiger partial charge in [-0.1, -0.05) is 18.2 Å². The molecule has 0 spiro atoms. The Morgan fingerprint density at radius 2 is 1.93 bits per heavy atom. The predicted octanol–water partition coefficient (Wildman–Crippen LogP) is 2.63. The minimum Gasteiger partial charge on any atom is -0.464 e. The topological polar surface area (TPSA) is 88.6 Å². The molecule has 2 aromatic rings. The largest absolute Gasteiger partial charge is 0.464 e. The molecule has 1 saturated heterocycles. The number of carbonyl (C=O) groups excluding carboxylic acids is 3. The van der Waals surface area contributed by atoms with Crippen molar-refractivity contribution < 1.29 is 19.1 Å². The number of benzene rings is 1. The summed E-state index contributed by atoms with van der Waals surface area (Å²) in [6.45, 7) is 1.29. The molecule has 1 aromatic heterocycles. The zero-order chi connectivity index (χ0) is 19.2. The van der Waals surface area contributed by atoms with Gasteiger partial charge < -0.3 is 15.0 Å². The summed E-state index contributed by atoms with van der Waals surface area (Å²) < 4.78 is 4.62. The number of rotatable bonds is 5. The van der Waals surface area contributed by atoms with Gasteiger partial charge in [-0.25, -0.2) is 9.78 Å². The third-order valence-corrected chi connectivity index (χ3v) is 4.36. The number of methoxy groups -OCH3 is 1. The molecular formula is C20H21N3O4. The molecule has 3 rings (SSSR count). The summed E-state index contributed by atoms with van der Waals surface area (Å²) in [5.74, 6) is -0.857. The van der Waals surface area contributed by atoms with Crippen LogP contribution in [0, 0.1) is 0 Å². The van der Waals surface area contributed by atoms with Crippen molar-refractivity contribution in [1.29, 1.82) is 0 Å². The zero-order valence-electron chi connectivity index (χ0n) is 15.1. The van der Waals surface area contributed by atoms with Crippen LogP contribution in [0.25, 0.3) is 0 Å². The van der Waals surface area contributed by atoms with Crippen molar-refractivity contribution >= 4 is 23.5 Å². The average molecular weight is 367 g/mol. The lowest BCUT2D eigenvalue weighted by Crippen LogP contribution is -2.34. The highest BCUT2D eigenvalue weighted by Gasteiger charge is 2.18. The quantitative estimate of drug-likeness (QED) is 0.821. The Morgan fingerprint density at radius 1 is 1.15 bits per heavy atom. The summed E-state index contributed by atoms with van der Waals surface area (Å²) in [6.07, 6.45) is 2.56. The van der Waals surface area contributed by atoms with Crippen molar-refractivity contribution in [3.8, 4) is 0 Å². The monoisotopic (exact) mass is 367 g/mol. The number of aromatic nitrogens is 1. The van der Waals surface area contributed by atoms with Gasteiger partial charge in [0.05, 0.1) is 7.11 Å². The van der Waals surface area contributed by atoms with E-state index >= 15 is 0 Å². The predicted molar refractivity (Wildman–Crippen MR) is 99.2 cm³/mol. The van der Waals surface area contributed by atoms with Crippen LogP contribution in [0.5, 0.6) is 0 Å². The standard InChI is InChI=1S/C20H21N3O4/c1-27-20(26)17-9-5-8-16(22-17)19(25)21-15-7-4-6-14(12-15)13-23-11-3-2-10-18(23)24/h4-9,12H,2-3,10-11,13H2,1H3,(H,21,25). The van der Waals surface area contributed by atoms with E-state index in [0.717, 1.165) is 24.9 Å². The Morgan fingerprint density at radius 3 is 2.70 bits per heavy atom. The van der Waals surface area contributed by atoms with E-state index in [-0.39, 0.29) is 17.3 Å². The van der Waals surface area contributed by atoms with Gasteiger partial charge in [-0.15, -0.1) is 0 Å². The molecule has 0 saturated carbocycles. The second-order valence-electron chi connectivity index (χ2n) is 6.33. The van der Waals surface area contributed by atoms with E-state index in [0.29, 0.717) is 18.7 Å². The molecule has 7 nitrogen and oxygen atoms in total. The number of anilines is 1. The maximum atomic E-state index is 12.4. The van der Waals surface area contributed by atoms with Crippen LogP contribution in [0.1, 0.15) is 45.8 Å². The Labute approximate surface area is 157 Å². The lowest BCUT2D eigenvalue weighted by molar-refractivity contribution is -0.133. The maximum Gasteiger partial charge on any atom is 0.356 e. The van der Waals surface area contributed by atoms with Crippen molar-refractivity contribution in [2.45, 2.75) is 25.8 Å². The first-order chi connectivity index (χ1) is 13.1. The highest BCUT2D eigenvalue weighted by atomic mass is 16.5. The molecule has 140 valence electrons. The second kappa shape index (κ2) is 8.44. The lowest BCUT2D eigenvalue weighted by Gasteiger charge is -2.26. The Hall–Kier alpha value is -3.22. The molecule has 1 N–H and O–H groups in total. The molecule has 1 aliphatic rings. The van der Waals surface area contributed by atoms with E-state index in [9.17, 15) is 14.4 Å². The molecule has 27 heavy (non-hydrogen) atoms. The number of nitrogens with one attached hydrogen (secondary N) is 1. The van der Waals surface area contributed by atoms with Crippen molar-refractivity contribution in [1.82, 2.24) is 9.88 Å². The van der Waals surface area contributed by atoms with Gasteiger partial charge >= 0.3 is 5.97 Å². The number of esters is 1. The van der Waals surface area contributed by atoms with Crippen LogP contribution >= 0.6 is 0 Å². The van der Waals surface area contributed by atoms with Gasteiger partial charge in [0.2, 0.25) is 5.91 Å². The number of piperidine rings is 1. The number of likely N-dealkylation sites (tertiary alicyclic amines) is 1. The summed E-state index contributed by atoms with van der Waals surface area (Å²) in [5, 5.41) is 2.77. The first-order valence-electron chi connectivity index (χ1n) is 8.80. The fourth-order valence-corrected chi connectivity index (χ4v) is 2.97.